The molecule has 4 rings (SSSR count). The number of hydrogen-bond acceptors (Lipinski definition) is 5. The number of carbonyl (C=O) groups is 1. The monoisotopic (exact) mass is 348 g/mol. The summed E-state index contributed by atoms with van der Waals surface area (Å²) in [5.74, 6) is -1.06. The van der Waals surface area contributed by atoms with Gasteiger partial charge in [-0.1, -0.05) is 35.5 Å². The van der Waals surface area contributed by atoms with Crippen molar-refractivity contribution in [2.75, 3.05) is 0 Å². The third-order valence-electron chi connectivity index (χ3n) is 4.17. The molecule has 1 atom stereocenters. The fraction of sp³-hybridized carbons (Fsp3) is 0.158. The number of aromatic nitrogens is 3. The van der Waals surface area contributed by atoms with E-state index >= 15 is 0 Å². The Morgan fingerprint density at radius 2 is 2.00 bits per heavy atom. The molecular weight excluding hydrogens is 332 g/mol. The van der Waals surface area contributed by atoms with Gasteiger partial charge in [0.25, 0.3) is 0 Å². The first-order valence-corrected chi connectivity index (χ1v) is 8.20. The number of aromatic carboxylic acids is 1. The maximum Gasteiger partial charge on any atom is 0.356 e. The van der Waals surface area contributed by atoms with Crippen molar-refractivity contribution in [3.05, 3.63) is 72.2 Å². The number of carboxylic acid groups (broad SMARTS) is 1. The molecule has 3 heterocycles. The predicted octanol–water partition coefficient (Wildman–Crippen LogP) is 2.84. The second-order valence-electron chi connectivity index (χ2n) is 5.98. The van der Waals surface area contributed by atoms with Gasteiger partial charge in [0.05, 0.1) is 18.0 Å². The third kappa shape index (κ3) is 3.19. The normalized spacial score (nSPS) is 16.2. The van der Waals surface area contributed by atoms with Crippen molar-refractivity contribution in [2.24, 2.45) is 5.16 Å². The smallest absolute Gasteiger partial charge is 0.356 e. The maximum atomic E-state index is 11.3. The van der Waals surface area contributed by atoms with Gasteiger partial charge in [-0.05, 0) is 23.8 Å². The van der Waals surface area contributed by atoms with Gasteiger partial charge in [0.15, 0.2) is 11.8 Å². The number of benzene rings is 1. The summed E-state index contributed by atoms with van der Waals surface area (Å²) in [6, 6.07) is 14.9. The highest BCUT2D eigenvalue weighted by atomic mass is 16.6. The van der Waals surface area contributed by atoms with E-state index in [0.29, 0.717) is 13.0 Å². The van der Waals surface area contributed by atoms with E-state index in [1.54, 1.807) is 23.1 Å². The van der Waals surface area contributed by atoms with Gasteiger partial charge in [-0.2, -0.15) is 5.10 Å². The van der Waals surface area contributed by atoms with E-state index in [4.69, 9.17) is 4.84 Å². The van der Waals surface area contributed by atoms with E-state index in [-0.39, 0.29) is 11.8 Å². The molecule has 0 spiro atoms. The van der Waals surface area contributed by atoms with Crippen LogP contribution in [-0.2, 0) is 11.4 Å². The summed E-state index contributed by atoms with van der Waals surface area (Å²) in [4.78, 5) is 21.0. The number of oxime groups is 1. The van der Waals surface area contributed by atoms with E-state index in [9.17, 15) is 9.90 Å². The van der Waals surface area contributed by atoms with Crippen molar-refractivity contribution in [1.82, 2.24) is 14.8 Å². The van der Waals surface area contributed by atoms with Gasteiger partial charge in [0, 0.05) is 24.4 Å². The predicted molar refractivity (Wildman–Crippen MR) is 94.9 cm³/mol. The first-order chi connectivity index (χ1) is 12.7. The molecule has 1 aliphatic rings. The fourth-order valence-corrected chi connectivity index (χ4v) is 2.92. The van der Waals surface area contributed by atoms with Gasteiger partial charge in [-0.25, -0.2) is 4.79 Å². The molecule has 7 heteroatoms. The first-order valence-electron chi connectivity index (χ1n) is 8.20. The van der Waals surface area contributed by atoms with Crippen LogP contribution in [0.1, 0.15) is 22.5 Å². The van der Waals surface area contributed by atoms with E-state index in [1.165, 1.54) is 0 Å². The molecule has 0 aliphatic carbocycles. The Morgan fingerprint density at radius 3 is 2.73 bits per heavy atom. The van der Waals surface area contributed by atoms with Crippen molar-refractivity contribution in [3.63, 3.8) is 0 Å². The summed E-state index contributed by atoms with van der Waals surface area (Å²) in [6.07, 6.45) is 3.86. The van der Waals surface area contributed by atoms with E-state index < -0.39 is 5.97 Å². The minimum absolute atomic E-state index is 0.00949. The van der Waals surface area contributed by atoms with Gasteiger partial charge in [0.2, 0.25) is 0 Å². The zero-order chi connectivity index (χ0) is 17.9. The molecule has 0 fully saturated rings. The second-order valence-corrected chi connectivity index (χ2v) is 5.98. The lowest BCUT2D eigenvalue weighted by Crippen LogP contribution is -2.19. The van der Waals surface area contributed by atoms with Crippen LogP contribution in [0.5, 0.6) is 0 Å². The number of pyridine rings is 1. The van der Waals surface area contributed by atoms with Crippen LogP contribution in [0, 0.1) is 0 Å². The highest BCUT2D eigenvalue weighted by Gasteiger charge is 2.25. The Labute approximate surface area is 149 Å². The van der Waals surface area contributed by atoms with Gasteiger partial charge >= 0.3 is 5.97 Å². The molecule has 1 aliphatic heterocycles. The van der Waals surface area contributed by atoms with Crippen LogP contribution in [-0.4, -0.2) is 37.7 Å². The molecule has 1 aromatic carbocycles. The molecule has 3 aromatic rings. The molecule has 0 bridgehead atoms. The summed E-state index contributed by atoms with van der Waals surface area (Å²) in [7, 11) is 0. The van der Waals surface area contributed by atoms with Crippen LogP contribution >= 0.6 is 0 Å². The lowest BCUT2D eigenvalue weighted by Gasteiger charge is -2.11. The highest BCUT2D eigenvalue weighted by Crippen LogP contribution is 2.23. The maximum absolute atomic E-state index is 11.3. The number of nitrogens with zero attached hydrogens (tertiary/aromatic N) is 4. The molecule has 2 aromatic heterocycles. The fourth-order valence-electron chi connectivity index (χ4n) is 2.92. The minimum Gasteiger partial charge on any atom is -0.476 e. The van der Waals surface area contributed by atoms with Crippen LogP contribution in [0.15, 0.2) is 66.1 Å². The molecule has 7 nitrogen and oxygen atoms in total. The zero-order valence-electron chi connectivity index (χ0n) is 13.8. The largest absolute Gasteiger partial charge is 0.476 e. The molecule has 130 valence electrons. The van der Waals surface area contributed by atoms with Crippen molar-refractivity contribution in [1.29, 1.82) is 0 Å². The standard InChI is InChI=1S/C19H16N4O3/c24-19(25)17-10-18(13-5-2-1-3-6-13)23(21-17)12-15-9-16(22-26-15)14-7-4-8-20-11-14/h1-8,10-11,15H,9,12H2,(H,24,25). The van der Waals surface area contributed by atoms with Crippen molar-refractivity contribution >= 4 is 11.7 Å². The lowest BCUT2D eigenvalue weighted by molar-refractivity contribution is 0.0663. The molecule has 1 unspecified atom stereocenters. The summed E-state index contributed by atoms with van der Waals surface area (Å²) in [6.45, 7) is 0.408. The second kappa shape index (κ2) is 6.79. The highest BCUT2D eigenvalue weighted by molar-refractivity contribution is 6.00. The van der Waals surface area contributed by atoms with Crippen molar-refractivity contribution < 1.29 is 14.7 Å². The van der Waals surface area contributed by atoms with Crippen LogP contribution in [0.2, 0.25) is 0 Å². The Kier molecular flexibility index (Phi) is 4.18. The summed E-state index contributed by atoms with van der Waals surface area (Å²) in [5.41, 5.74) is 3.40. The minimum atomic E-state index is -1.06. The van der Waals surface area contributed by atoms with Gasteiger partial charge < -0.3 is 9.94 Å². The van der Waals surface area contributed by atoms with Crippen LogP contribution in [0.3, 0.4) is 0 Å². The number of hydrogen-bond donors (Lipinski definition) is 1. The molecule has 1 N–H and O–H groups in total. The Morgan fingerprint density at radius 1 is 1.19 bits per heavy atom. The van der Waals surface area contributed by atoms with Gasteiger partial charge in [-0.3, -0.25) is 9.67 Å². The van der Waals surface area contributed by atoms with Crippen LogP contribution in [0.4, 0.5) is 0 Å². The SMILES string of the molecule is O=C(O)c1cc(-c2ccccc2)n(CC2CC(c3cccnc3)=NO2)n1. The molecular formula is C19H16N4O3. The van der Waals surface area contributed by atoms with Gasteiger partial charge in [0.1, 0.15) is 0 Å². The lowest BCUT2D eigenvalue weighted by atomic mass is 10.1. The quantitative estimate of drug-likeness (QED) is 0.766. The zero-order valence-corrected chi connectivity index (χ0v) is 13.8. The van der Waals surface area contributed by atoms with Crippen LogP contribution < -0.4 is 0 Å². The average Bonchev–Trinajstić information content (AvgIpc) is 3.31. The molecule has 0 amide bonds. The number of carboxylic acids is 1. The van der Waals surface area contributed by atoms with Crippen molar-refractivity contribution in [3.8, 4) is 11.3 Å². The molecule has 0 saturated carbocycles. The Hall–Kier alpha value is -3.48. The van der Waals surface area contributed by atoms with E-state index in [1.807, 2.05) is 42.5 Å². The van der Waals surface area contributed by atoms with E-state index in [2.05, 4.69) is 15.2 Å². The first kappa shape index (κ1) is 16.0. The average molecular weight is 348 g/mol. The topological polar surface area (TPSA) is 89.6 Å². The van der Waals surface area contributed by atoms with Gasteiger partial charge in [-0.15, -0.1) is 0 Å². The molecule has 0 saturated heterocycles. The Bertz CT molecular complexity index is 951. The number of rotatable bonds is 5. The van der Waals surface area contributed by atoms with Crippen LogP contribution in [0.25, 0.3) is 11.3 Å². The summed E-state index contributed by atoms with van der Waals surface area (Å²) < 4.78 is 1.67. The van der Waals surface area contributed by atoms with Crippen molar-refractivity contribution in [2.45, 2.75) is 19.1 Å². The van der Waals surface area contributed by atoms with E-state index in [0.717, 1.165) is 22.5 Å². The Balaban J connectivity index is 1.56. The third-order valence-corrected chi connectivity index (χ3v) is 4.17. The summed E-state index contributed by atoms with van der Waals surface area (Å²) >= 11 is 0. The summed E-state index contributed by atoms with van der Waals surface area (Å²) in [5, 5.41) is 17.7. The molecule has 26 heavy (non-hydrogen) atoms. The molecule has 0 radical (unpaired) electrons.